The van der Waals surface area contributed by atoms with Crippen molar-refractivity contribution in [3.8, 4) is 5.88 Å². The van der Waals surface area contributed by atoms with Gasteiger partial charge in [-0.3, -0.25) is 9.69 Å². The van der Waals surface area contributed by atoms with Crippen LogP contribution in [0.2, 0.25) is 0 Å². The maximum Gasteiger partial charge on any atom is 0.238 e. The fourth-order valence-corrected chi connectivity index (χ4v) is 3.35. The molecule has 104 valence electrons. The minimum Gasteiger partial charge on any atom is -0.481 e. The van der Waals surface area contributed by atoms with Crippen LogP contribution in [0.25, 0.3) is 0 Å². The fraction of sp³-hybridized carbons (Fsp3) is 0.308. The van der Waals surface area contributed by atoms with Crippen molar-refractivity contribution in [1.29, 1.82) is 0 Å². The maximum absolute atomic E-state index is 12.2. The van der Waals surface area contributed by atoms with Crippen molar-refractivity contribution < 1.29 is 9.53 Å². The van der Waals surface area contributed by atoms with Crippen molar-refractivity contribution in [3.05, 3.63) is 36.5 Å². The molecule has 20 heavy (non-hydrogen) atoms. The van der Waals surface area contributed by atoms with Gasteiger partial charge in [0.2, 0.25) is 11.8 Å². The zero-order chi connectivity index (χ0) is 14.1. The Labute approximate surface area is 120 Å². The van der Waals surface area contributed by atoms with Crippen LogP contribution in [0.3, 0.4) is 0 Å². The Hall–Kier alpha value is -2.02. The average Bonchev–Trinajstić information content (AvgIpc) is 3.05. The smallest absolute Gasteiger partial charge is 0.238 e. The van der Waals surface area contributed by atoms with Gasteiger partial charge in [-0.05, 0) is 6.07 Å². The summed E-state index contributed by atoms with van der Waals surface area (Å²) in [5.74, 6) is 1.90. The van der Waals surface area contributed by atoms with Gasteiger partial charge >= 0.3 is 0 Å². The Morgan fingerprint density at radius 2 is 2.25 bits per heavy atom. The molecule has 0 N–H and O–H groups in total. The molecule has 3 heterocycles. The van der Waals surface area contributed by atoms with Crippen LogP contribution in [0.5, 0.6) is 5.88 Å². The molecular formula is C13H14N4O2S. The molecule has 3 rings (SSSR count). The van der Waals surface area contributed by atoms with E-state index in [9.17, 15) is 4.79 Å². The van der Waals surface area contributed by atoms with E-state index in [2.05, 4.69) is 9.97 Å². The molecule has 1 amide bonds. The molecule has 0 saturated carbocycles. The number of aryl methyl sites for hydroxylation is 1. The molecule has 0 aliphatic carbocycles. The number of nitrogens with zero attached hydrogens (tertiary/aromatic N) is 4. The first kappa shape index (κ1) is 13.0. The highest BCUT2D eigenvalue weighted by molar-refractivity contribution is 8.00. The third kappa shape index (κ3) is 2.14. The Balaban J connectivity index is 1.96. The Kier molecular flexibility index (Phi) is 3.35. The molecule has 0 spiro atoms. The van der Waals surface area contributed by atoms with Gasteiger partial charge in [0.1, 0.15) is 11.2 Å². The van der Waals surface area contributed by atoms with Gasteiger partial charge in [-0.1, -0.05) is 0 Å². The Morgan fingerprint density at radius 1 is 1.40 bits per heavy atom. The van der Waals surface area contributed by atoms with Gasteiger partial charge in [-0.15, -0.1) is 11.8 Å². The monoisotopic (exact) mass is 290 g/mol. The lowest BCUT2D eigenvalue weighted by atomic mass is 10.3. The summed E-state index contributed by atoms with van der Waals surface area (Å²) in [4.78, 5) is 22.4. The minimum absolute atomic E-state index is 0.0648. The summed E-state index contributed by atoms with van der Waals surface area (Å²) in [7, 11) is 3.49. The zero-order valence-corrected chi connectivity index (χ0v) is 12.0. The number of methoxy groups -OCH3 is 1. The van der Waals surface area contributed by atoms with E-state index in [-0.39, 0.29) is 11.3 Å². The van der Waals surface area contributed by atoms with Crippen molar-refractivity contribution in [2.45, 2.75) is 5.37 Å². The van der Waals surface area contributed by atoms with Crippen LogP contribution in [-0.2, 0) is 11.8 Å². The number of thioether (sulfide) groups is 1. The predicted octanol–water partition coefficient (Wildman–Crippen LogP) is 1.60. The van der Waals surface area contributed by atoms with Crippen molar-refractivity contribution in [1.82, 2.24) is 14.5 Å². The predicted molar refractivity (Wildman–Crippen MR) is 76.7 cm³/mol. The molecule has 7 heteroatoms. The Bertz CT molecular complexity index is 626. The summed E-state index contributed by atoms with van der Waals surface area (Å²) in [5, 5.41) is -0.113. The average molecular weight is 290 g/mol. The molecule has 6 nitrogen and oxygen atoms in total. The summed E-state index contributed by atoms with van der Waals surface area (Å²) >= 11 is 1.57. The third-order valence-electron chi connectivity index (χ3n) is 3.16. The second-order valence-electron chi connectivity index (χ2n) is 4.38. The number of aromatic nitrogens is 3. The van der Waals surface area contributed by atoms with E-state index in [1.807, 2.05) is 23.9 Å². The van der Waals surface area contributed by atoms with Gasteiger partial charge in [0.15, 0.2) is 0 Å². The third-order valence-corrected chi connectivity index (χ3v) is 4.31. The van der Waals surface area contributed by atoms with E-state index in [0.717, 1.165) is 11.5 Å². The van der Waals surface area contributed by atoms with Crippen LogP contribution < -0.4 is 9.64 Å². The zero-order valence-electron chi connectivity index (χ0n) is 11.2. The molecule has 2 aromatic rings. The number of rotatable bonds is 3. The van der Waals surface area contributed by atoms with Gasteiger partial charge in [0, 0.05) is 25.5 Å². The van der Waals surface area contributed by atoms with E-state index in [1.165, 1.54) is 0 Å². The van der Waals surface area contributed by atoms with Gasteiger partial charge in [0.05, 0.1) is 24.7 Å². The number of amides is 1. The second kappa shape index (κ2) is 5.16. The number of imidazole rings is 1. The lowest BCUT2D eigenvalue weighted by Gasteiger charge is -2.23. The summed E-state index contributed by atoms with van der Waals surface area (Å²) in [6.07, 6.45) is 5.27. The van der Waals surface area contributed by atoms with E-state index < -0.39 is 0 Å². The molecule has 1 unspecified atom stereocenters. The number of carbonyl (C=O) groups excluding carboxylic acids is 1. The van der Waals surface area contributed by atoms with Gasteiger partial charge in [0.25, 0.3) is 0 Å². The van der Waals surface area contributed by atoms with Crippen LogP contribution in [0.1, 0.15) is 11.2 Å². The molecular weight excluding hydrogens is 276 g/mol. The fourth-order valence-electron chi connectivity index (χ4n) is 2.15. The normalized spacial score (nSPS) is 18.6. The van der Waals surface area contributed by atoms with Crippen LogP contribution in [-0.4, -0.2) is 33.3 Å². The topological polar surface area (TPSA) is 60.2 Å². The van der Waals surface area contributed by atoms with Crippen molar-refractivity contribution in [3.63, 3.8) is 0 Å². The highest BCUT2D eigenvalue weighted by atomic mass is 32.2. The number of pyridine rings is 1. The number of carbonyl (C=O) groups is 1. The first-order valence-electron chi connectivity index (χ1n) is 6.11. The molecule has 2 aromatic heterocycles. The summed E-state index contributed by atoms with van der Waals surface area (Å²) in [6, 6.07) is 3.59. The van der Waals surface area contributed by atoms with E-state index in [0.29, 0.717) is 11.6 Å². The molecule has 1 aliphatic heterocycles. The number of anilines is 1. The number of hydrogen-bond donors (Lipinski definition) is 0. The van der Waals surface area contributed by atoms with Gasteiger partial charge < -0.3 is 9.30 Å². The highest BCUT2D eigenvalue weighted by Gasteiger charge is 2.36. The van der Waals surface area contributed by atoms with Crippen LogP contribution in [0.15, 0.2) is 30.7 Å². The van der Waals surface area contributed by atoms with Gasteiger partial charge in [-0.2, -0.15) is 0 Å². The van der Waals surface area contributed by atoms with E-state index in [1.54, 1.807) is 42.2 Å². The van der Waals surface area contributed by atoms with Crippen LogP contribution in [0, 0.1) is 0 Å². The summed E-state index contributed by atoms with van der Waals surface area (Å²) in [6.45, 7) is 0. The Morgan fingerprint density at radius 3 is 2.85 bits per heavy atom. The maximum atomic E-state index is 12.2. The molecule has 0 aromatic carbocycles. The standard InChI is InChI=1S/C13H14N4O2S/c1-16-6-5-14-12(16)13-17(11(18)8-20-13)9-3-4-10(19-2)15-7-9/h3-7,13H,8H2,1-2H3. The van der Waals surface area contributed by atoms with E-state index >= 15 is 0 Å². The summed E-state index contributed by atoms with van der Waals surface area (Å²) < 4.78 is 6.97. The SMILES string of the molecule is COc1ccc(N2C(=O)CSC2c2nccn2C)cn1. The molecule has 1 saturated heterocycles. The number of hydrogen-bond acceptors (Lipinski definition) is 5. The molecule has 0 bridgehead atoms. The van der Waals surface area contributed by atoms with Gasteiger partial charge in [-0.25, -0.2) is 9.97 Å². The lowest BCUT2D eigenvalue weighted by molar-refractivity contribution is -0.115. The van der Waals surface area contributed by atoms with Crippen molar-refractivity contribution in [2.24, 2.45) is 7.05 Å². The summed E-state index contributed by atoms with van der Waals surface area (Å²) in [5.41, 5.74) is 0.758. The molecule has 1 fully saturated rings. The second-order valence-corrected chi connectivity index (χ2v) is 5.45. The number of ether oxygens (including phenoxy) is 1. The van der Waals surface area contributed by atoms with Crippen molar-refractivity contribution in [2.75, 3.05) is 17.8 Å². The largest absolute Gasteiger partial charge is 0.481 e. The van der Waals surface area contributed by atoms with Crippen LogP contribution in [0.4, 0.5) is 5.69 Å². The molecule has 0 radical (unpaired) electrons. The first-order valence-corrected chi connectivity index (χ1v) is 7.16. The first-order chi connectivity index (χ1) is 9.70. The van der Waals surface area contributed by atoms with Crippen LogP contribution >= 0.6 is 11.8 Å². The quantitative estimate of drug-likeness (QED) is 0.859. The van der Waals surface area contributed by atoms with E-state index in [4.69, 9.17) is 4.74 Å². The lowest BCUT2D eigenvalue weighted by Crippen LogP contribution is -2.29. The molecule has 1 atom stereocenters. The minimum atomic E-state index is -0.113. The molecule has 1 aliphatic rings. The highest BCUT2D eigenvalue weighted by Crippen LogP contribution is 2.40. The van der Waals surface area contributed by atoms with Crippen molar-refractivity contribution >= 4 is 23.4 Å².